The SMILES string of the molecule is CSC[C@H]1OC(n2cnc3c(N(C)N=O)nc(F)nc32)[C@H](C)[C@@H]1C. The number of rotatable bonds is 5. The molecule has 130 valence electrons. The third-order valence-corrected chi connectivity index (χ3v) is 5.25. The van der Waals surface area contributed by atoms with Gasteiger partial charge in [0, 0.05) is 18.7 Å². The summed E-state index contributed by atoms with van der Waals surface area (Å²) in [4.78, 5) is 22.5. The van der Waals surface area contributed by atoms with Crippen molar-refractivity contribution in [3.05, 3.63) is 17.3 Å². The van der Waals surface area contributed by atoms with Crippen LogP contribution < -0.4 is 5.01 Å². The molecule has 10 heteroatoms. The van der Waals surface area contributed by atoms with Crippen molar-refractivity contribution in [3.8, 4) is 0 Å². The lowest BCUT2D eigenvalue weighted by atomic mass is 9.93. The zero-order chi connectivity index (χ0) is 17.4. The summed E-state index contributed by atoms with van der Waals surface area (Å²) in [5.74, 6) is 1.49. The Hall–Kier alpha value is -1.81. The van der Waals surface area contributed by atoms with Crippen molar-refractivity contribution in [1.82, 2.24) is 19.5 Å². The lowest BCUT2D eigenvalue weighted by Gasteiger charge is -2.18. The molecule has 3 rings (SSSR count). The van der Waals surface area contributed by atoms with Gasteiger partial charge in [-0.15, -0.1) is 4.91 Å². The summed E-state index contributed by atoms with van der Waals surface area (Å²) in [6.07, 6.45) is 2.48. The number of halogens is 1. The molecule has 1 saturated heterocycles. The minimum Gasteiger partial charge on any atom is -0.353 e. The summed E-state index contributed by atoms with van der Waals surface area (Å²) in [5.41, 5.74) is 0.608. The molecule has 3 heterocycles. The average molecular weight is 354 g/mol. The molecular weight excluding hydrogens is 335 g/mol. The quantitative estimate of drug-likeness (QED) is 0.463. The molecule has 24 heavy (non-hydrogen) atoms. The van der Waals surface area contributed by atoms with E-state index in [1.807, 2.05) is 6.26 Å². The number of anilines is 1. The number of thioether (sulfide) groups is 1. The number of ether oxygens (including phenoxy) is 1. The number of nitroso groups, excluding NO2 is 1. The normalized spacial score (nSPS) is 26.9. The second-order valence-electron chi connectivity index (χ2n) is 5.98. The highest BCUT2D eigenvalue weighted by Crippen LogP contribution is 2.41. The molecule has 0 saturated carbocycles. The molecule has 0 spiro atoms. The van der Waals surface area contributed by atoms with Crippen LogP contribution in [0.2, 0.25) is 0 Å². The van der Waals surface area contributed by atoms with E-state index in [0.29, 0.717) is 17.1 Å². The van der Waals surface area contributed by atoms with E-state index in [2.05, 4.69) is 34.1 Å². The molecule has 1 fully saturated rings. The van der Waals surface area contributed by atoms with E-state index in [0.717, 1.165) is 10.8 Å². The highest BCUT2D eigenvalue weighted by atomic mass is 32.2. The van der Waals surface area contributed by atoms with Crippen LogP contribution in [0.3, 0.4) is 0 Å². The van der Waals surface area contributed by atoms with Gasteiger partial charge >= 0.3 is 6.08 Å². The molecule has 2 aromatic heterocycles. The summed E-state index contributed by atoms with van der Waals surface area (Å²) in [6, 6.07) is 0. The fourth-order valence-electron chi connectivity index (χ4n) is 3.03. The van der Waals surface area contributed by atoms with Crippen molar-refractivity contribution < 1.29 is 9.13 Å². The van der Waals surface area contributed by atoms with Gasteiger partial charge in [-0.25, -0.2) is 9.99 Å². The van der Waals surface area contributed by atoms with E-state index >= 15 is 0 Å². The van der Waals surface area contributed by atoms with Crippen molar-refractivity contribution in [3.63, 3.8) is 0 Å². The van der Waals surface area contributed by atoms with Crippen molar-refractivity contribution in [2.75, 3.05) is 24.1 Å². The summed E-state index contributed by atoms with van der Waals surface area (Å²) < 4.78 is 21.7. The molecule has 0 N–H and O–H groups in total. The van der Waals surface area contributed by atoms with Gasteiger partial charge in [-0.1, -0.05) is 13.8 Å². The van der Waals surface area contributed by atoms with Crippen molar-refractivity contribution in [2.45, 2.75) is 26.2 Å². The molecule has 0 radical (unpaired) electrons. The zero-order valence-corrected chi connectivity index (χ0v) is 14.7. The first kappa shape index (κ1) is 17.0. The number of nitrogens with zero attached hydrogens (tertiary/aromatic N) is 6. The largest absolute Gasteiger partial charge is 0.353 e. The molecular formula is C14H19FN6O2S. The first-order valence-electron chi connectivity index (χ1n) is 7.59. The smallest absolute Gasteiger partial charge is 0.312 e. The van der Waals surface area contributed by atoms with Gasteiger partial charge in [0.15, 0.2) is 17.0 Å². The molecule has 1 aliphatic rings. The van der Waals surface area contributed by atoms with Crippen LogP contribution in [-0.4, -0.2) is 44.7 Å². The Labute approximate surface area is 142 Å². The predicted octanol–water partition coefficient (Wildman–Crippen LogP) is 2.62. The van der Waals surface area contributed by atoms with Gasteiger partial charge < -0.3 is 4.74 Å². The molecule has 0 amide bonds. The van der Waals surface area contributed by atoms with Crippen LogP contribution in [-0.2, 0) is 4.74 Å². The zero-order valence-electron chi connectivity index (χ0n) is 13.9. The molecule has 1 unspecified atom stereocenters. The fourth-order valence-corrected chi connectivity index (χ4v) is 3.74. The topological polar surface area (TPSA) is 85.5 Å². The highest BCUT2D eigenvalue weighted by molar-refractivity contribution is 7.98. The van der Waals surface area contributed by atoms with Crippen LogP contribution >= 0.6 is 11.8 Å². The molecule has 0 aromatic carbocycles. The first-order chi connectivity index (χ1) is 11.5. The average Bonchev–Trinajstić information content (AvgIpc) is 3.10. The minimum absolute atomic E-state index is 0.0330. The van der Waals surface area contributed by atoms with E-state index in [1.54, 1.807) is 22.7 Å². The maximum absolute atomic E-state index is 13.8. The summed E-state index contributed by atoms with van der Waals surface area (Å²) in [6.45, 7) is 4.24. The van der Waals surface area contributed by atoms with Crippen molar-refractivity contribution in [2.24, 2.45) is 17.1 Å². The predicted molar refractivity (Wildman–Crippen MR) is 90.1 cm³/mol. The van der Waals surface area contributed by atoms with Gasteiger partial charge in [0.25, 0.3) is 0 Å². The Morgan fingerprint density at radius 1 is 1.42 bits per heavy atom. The van der Waals surface area contributed by atoms with Gasteiger partial charge in [-0.3, -0.25) is 4.57 Å². The Morgan fingerprint density at radius 3 is 2.83 bits per heavy atom. The van der Waals surface area contributed by atoms with Gasteiger partial charge in [-0.2, -0.15) is 26.1 Å². The van der Waals surface area contributed by atoms with Crippen LogP contribution in [0.1, 0.15) is 20.1 Å². The maximum atomic E-state index is 13.8. The maximum Gasteiger partial charge on any atom is 0.312 e. The number of hydrogen-bond acceptors (Lipinski definition) is 7. The van der Waals surface area contributed by atoms with E-state index in [4.69, 9.17) is 4.74 Å². The van der Waals surface area contributed by atoms with E-state index in [9.17, 15) is 9.30 Å². The minimum atomic E-state index is -0.936. The van der Waals surface area contributed by atoms with Crippen LogP contribution in [0.15, 0.2) is 11.6 Å². The molecule has 4 atom stereocenters. The Bertz CT molecular complexity index is 756. The number of aromatic nitrogens is 4. The van der Waals surface area contributed by atoms with Gasteiger partial charge in [0.1, 0.15) is 6.23 Å². The van der Waals surface area contributed by atoms with Crippen LogP contribution in [0.5, 0.6) is 0 Å². The number of imidazole rings is 1. The standard InChI is InChI=1S/C14H19FN6O2S/c1-7-8(2)13(23-9(7)5-24-4)21-6-16-10-11(20(3)19-22)17-14(15)18-12(10)21/h6-9,13H,5H2,1-4H3/t7-,8+,9+,13?/m0/s1. The molecule has 0 aliphatic carbocycles. The third-order valence-electron chi connectivity index (χ3n) is 4.59. The Morgan fingerprint density at radius 2 is 2.17 bits per heavy atom. The lowest BCUT2D eigenvalue weighted by Crippen LogP contribution is -2.18. The number of fused-ring (bicyclic) bond motifs is 1. The van der Waals surface area contributed by atoms with Gasteiger partial charge in [-0.05, 0) is 12.2 Å². The summed E-state index contributed by atoms with van der Waals surface area (Å²) in [5, 5.41) is 3.70. The second-order valence-corrected chi connectivity index (χ2v) is 6.89. The highest BCUT2D eigenvalue weighted by Gasteiger charge is 2.40. The van der Waals surface area contributed by atoms with Gasteiger partial charge in [0.2, 0.25) is 0 Å². The first-order valence-corrected chi connectivity index (χ1v) is 8.98. The van der Waals surface area contributed by atoms with Gasteiger partial charge in [0.05, 0.1) is 17.7 Å². The Balaban J connectivity index is 2.05. The Kier molecular flexibility index (Phi) is 4.68. The van der Waals surface area contributed by atoms with E-state index in [-0.39, 0.29) is 24.1 Å². The number of hydrogen-bond donors (Lipinski definition) is 0. The van der Waals surface area contributed by atoms with E-state index in [1.165, 1.54) is 7.05 Å². The molecule has 2 aromatic rings. The molecule has 1 aliphatic heterocycles. The van der Waals surface area contributed by atoms with Crippen LogP contribution in [0.25, 0.3) is 11.2 Å². The molecule has 8 nitrogen and oxygen atoms in total. The van der Waals surface area contributed by atoms with Crippen molar-refractivity contribution >= 4 is 28.7 Å². The monoisotopic (exact) mass is 354 g/mol. The fraction of sp³-hybridized carbons (Fsp3) is 0.643. The van der Waals surface area contributed by atoms with Crippen molar-refractivity contribution in [1.29, 1.82) is 0 Å². The second kappa shape index (κ2) is 6.60. The summed E-state index contributed by atoms with van der Waals surface area (Å²) >= 11 is 1.73. The lowest BCUT2D eigenvalue weighted by molar-refractivity contribution is -0.000334. The molecule has 0 bridgehead atoms. The van der Waals surface area contributed by atoms with E-state index < -0.39 is 6.08 Å². The van der Waals surface area contributed by atoms with Crippen LogP contribution in [0, 0.1) is 22.8 Å². The summed E-state index contributed by atoms with van der Waals surface area (Å²) in [7, 11) is 1.39. The van der Waals surface area contributed by atoms with Crippen LogP contribution in [0.4, 0.5) is 10.2 Å². The third kappa shape index (κ3) is 2.73.